The monoisotopic (exact) mass is 678 g/mol. The number of carbonyl (C=O) groups is 1. The Morgan fingerprint density at radius 1 is 1.02 bits per heavy atom. The quantitative estimate of drug-likeness (QED) is 0.211. The summed E-state index contributed by atoms with van der Waals surface area (Å²) < 4.78 is 53.0. The van der Waals surface area contributed by atoms with Crippen molar-refractivity contribution < 1.29 is 27.4 Å². The molecule has 1 saturated carbocycles. The van der Waals surface area contributed by atoms with Gasteiger partial charge in [0.25, 0.3) is 5.91 Å². The van der Waals surface area contributed by atoms with Gasteiger partial charge in [0.1, 0.15) is 10.8 Å². The maximum absolute atomic E-state index is 14.7. The van der Waals surface area contributed by atoms with E-state index in [2.05, 4.69) is 15.1 Å². The number of nitrogens with one attached hydrogen (secondary N) is 1. The highest BCUT2D eigenvalue weighted by Gasteiger charge is 2.46. The highest BCUT2D eigenvalue weighted by atomic mass is 35.5. The van der Waals surface area contributed by atoms with Gasteiger partial charge in [0.15, 0.2) is 0 Å². The Kier molecular flexibility index (Phi) is 9.10. The number of rotatable bonds is 8. The average Bonchev–Trinajstić information content (AvgIpc) is 3.89. The second-order valence-electron chi connectivity index (χ2n) is 12.9. The van der Waals surface area contributed by atoms with E-state index in [1.165, 1.54) is 13.2 Å². The van der Waals surface area contributed by atoms with Crippen LogP contribution in [0, 0.1) is 0 Å². The van der Waals surface area contributed by atoms with Gasteiger partial charge in [-0.15, -0.1) is 0 Å². The number of piperidine rings is 1. The fourth-order valence-corrected chi connectivity index (χ4v) is 7.51. The lowest BCUT2D eigenvalue weighted by Gasteiger charge is -2.40. The largest absolute Gasteiger partial charge is 0.495 e. The number of ether oxygens (including phenoxy) is 2. The molecule has 7 rings (SSSR count). The number of likely N-dealkylation sites (tertiary alicyclic amines) is 1. The molecule has 0 unspecified atom stereocenters. The first-order valence-corrected chi connectivity index (χ1v) is 16.8. The van der Waals surface area contributed by atoms with Gasteiger partial charge in [-0.3, -0.25) is 14.6 Å². The molecule has 4 aromatic rings. The number of morpholine rings is 1. The van der Waals surface area contributed by atoms with Crippen LogP contribution in [-0.4, -0.2) is 73.2 Å². The first-order valence-electron chi connectivity index (χ1n) is 16.5. The van der Waals surface area contributed by atoms with Crippen LogP contribution >= 0.6 is 11.6 Å². The number of hydrogen-bond acceptors (Lipinski definition) is 6. The van der Waals surface area contributed by atoms with E-state index < -0.39 is 17.3 Å². The fraction of sp³-hybridized carbons (Fsp3) is 0.405. The summed E-state index contributed by atoms with van der Waals surface area (Å²) in [5, 5.41) is 4.04. The van der Waals surface area contributed by atoms with Gasteiger partial charge in [0, 0.05) is 42.2 Å². The van der Waals surface area contributed by atoms with Gasteiger partial charge in [0.2, 0.25) is 0 Å². The van der Waals surface area contributed by atoms with E-state index >= 15 is 0 Å². The molecule has 1 amide bonds. The van der Waals surface area contributed by atoms with Crippen molar-refractivity contribution in [2.45, 2.75) is 50.0 Å². The molecule has 1 aromatic heterocycles. The molecule has 3 heterocycles. The van der Waals surface area contributed by atoms with Crippen molar-refractivity contribution in [1.29, 1.82) is 0 Å². The van der Waals surface area contributed by atoms with Gasteiger partial charge in [-0.2, -0.15) is 13.2 Å². The first-order chi connectivity index (χ1) is 23.2. The van der Waals surface area contributed by atoms with Crippen molar-refractivity contribution in [2.24, 2.45) is 0 Å². The van der Waals surface area contributed by atoms with Crippen LogP contribution in [0.15, 0.2) is 66.7 Å². The van der Waals surface area contributed by atoms with Crippen LogP contribution in [0.5, 0.6) is 5.75 Å². The van der Waals surface area contributed by atoms with E-state index in [0.717, 1.165) is 82.8 Å². The Balaban J connectivity index is 1.35. The second kappa shape index (κ2) is 13.3. The fourth-order valence-electron chi connectivity index (χ4n) is 7.23. The van der Waals surface area contributed by atoms with Crippen LogP contribution in [-0.2, 0) is 23.0 Å². The highest BCUT2D eigenvalue weighted by Crippen LogP contribution is 2.46. The number of aromatic nitrogens is 1. The normalized spacial score (nSPS) is 18.9. The number of methoxy groups -OCH3 is 1. The number of pyridine rings is 1. The molecule has 252 valence electrons. The van der Waals surface area contributed by atoms with Crippen LogP contribution in [0.4, 0.5) is 13.2 Å². The van der Waals surface area contributed by atoms with Crippen LogP contribution in [0.1, 0.15) is 52.7 Å². The Hall–Kier alpha value is -3.70. The summed E-state index contributed by atoms with van der Waals surface area (Å²) in [4.78, 5) is 24.4. The summed E-state index contributed by atoms with van der Waals surface area (Å²) in [6.45, 7) is 5.20. The Labute approximate surface area is 283 Å². The maximum Gasteiger partial charge on any atom is 0.416 e. The van der Waals surface area contributed by atoms with E-state index in [4.69, 9.17) is 26.1 Å². The number of carbonyl (C=O) groups excluding carboxylic acids is 1. The number of amides is 1. The first kappa shape index (κ1) is 32.8. The summed E-state index contributed by atoms with van der Waals surface area (Å²) in [6.07, 6.45) is -1.09. The molecule has 1 N–H and O–H groups in total. The predicted octanol–water partition coefficient (Wildman–Crippen LogP) is 7.30. The average molecular weight is 679 g/mol. The SMILES string of the molecule is COc1ccc2c(C(=O)NC3(c4ccccc4)CC3)c(CN3CCC(N4CCOCC4)CC3)c(-c3cccc(C(F)(F)F)c3)nc2c1Cl. The molecule has 0 spiro atoms. The highest BCUT2D eigenvalue weighted by molar-refractivity contribution is 6.37. The van der Waals surface area contributed by atoms with E-state index in [1.54, 1.807) is 18.2 Å². The number of halogens is 4. The van der Waals surface area contributed by atoms with Crippen LogP contribution in [0.2, 0.25) is 5.02 Å². The summed E-state index contributed by atoms with van der Waals surface area (Å²) in [5.41, 5.74) is 1.52. The Morgan fingerprint density at radius 2 is 1.75 bits per heavy atom. The lowest BCUT2D eigenvalue weighted by atomic mass is 9.93. The van der Waals surface area contributed by atoms with E-state index in [-0.39, 0.29) is 16.5 Å². The molecule has 2 aliphatic heterocycles. The van der Waals surface area contributed by atoms with E-state index in [0.29, 0.717) is 46.1 Å². The third-order valence-electron chi connectivity index (χ3n) is 10.0. The van der Waals surface area contributed by atoms with Crippen LogP contribution in [0.25, 0.3) is 22.2 Å². The standard InChI is InChI=1S/C37H38ClF3N4O3/c1-47-30-11-10-28-31(35(46)43-36(14-15-36)25-7-3-2-4-8-25)29(23-44-16-12-27(13-17-44)45-18-20-48-21-19-45)33(42-34(28)32(30)38)24-6-5-9-26(22-24)37(39,40)41/h2-11,22,27H,12-21,23H2,1H3,(H,43,46). The van der Waals surface area contributed by atoms with Crippen molar-refractivity contribution in [3.05, 3.63) is 94.0 Å². The Bertz CT molecular complexity index is 1800. The number of nitrogens with zero attached hydrogens (tertiary/aromatic N) is 3. The lowest BCUT2D eigenvalue weighted by molar-refractivity contribution is -0.137. The molecular formula is C37H38ClF3N4O3. The van der Waals surface area contributed by atoms with Crippen molar-refractivity contribution in [1.82, 2.24) is 20.1 Å². The molecule has 2 saturated heterocycles. The lowest BCUT2D eigenvalue weighted by Crippen LogP contribution is -2.48. The van der Waals surface area contributed by atoms with E-state index in [1.807, 2.05) is 30.3 Å². The molecule has 0 radical (unpaired) electrons. The Morgan fingerprint density at radius 3 is 2.42 bits per heavy atom. The molecule has 0 atom stereocenters. The molecule has 3 aliphatic rings. The number of fused-ring (bicyclic) bond motifs is 1. The van der Waals surface area contributed by atoms with Crippen molar-refractivity contribution in [2.75, 3.05) is 46.5 Å². The minimum atomic E-state index is -4.55. The third-order valence-corrected chi connectivity index (χ3v) is 10.4. The van der Waals surface area contributed by atoms with Gasteiger partial charge in [0.05, 0.1) is 48.2 Å². The number of hydrogen-bond donors (Lipinski definition) is 1. The van der Waals surface area contributed by atoms with Gasteiger partial charge in [-0.05, 0) is 68.6 Å². The molecule has 11 heteroatoms. The molecule has 3 aromatic carbocycles. The zero-order valence-electron chi connectivity index (χ0n) is 26.8. The summed E-state index contributed by atoms with van der Waals surface area (Å²) in [5.74, 6) is 0.0512. The van der Waals surface area contributed by atoms with Gasteiger partial charge in [-0.25, -0.2) is 4.98 Å². The van der Waals surface area contributed by atoms with Crippen LogP contribution < -0.4 is 10.1 Å². The molecule has 0 bridgehead atoms. The second-order valence-corrected chi connectivity index (χ2v) is 13.3. The number of benzene rings is 3. The summed E-state index contributed by atoms with van der Waals surface area (Å²) in [7, 11) is 1.49. The van der Waals surface area contributed by atoms with Crippen molar-refractivity contribution in [3.63, 3.8) is 0 Å². The zero-order chi connectivity index (χ0) is 33.5. The zero-order valence-corrected chi connectivity index (χ0v) is 27.5. The molecule has 1 aliphatic carbocycles. The molecule has 7 nitrogen and oxygen atoms in total. The van der Waals surface area contributed by atoms with Crippen LogP contribution in [0.3, 0.4) is 0 Å². The summed E-state index contributed by atoms with van der Waals surface area (Å²) >= 11 is 6.83. The molecule has 3 fully saturated rings. The summed E-state index contributed by atoms with van der Waals surface area (Å²) in [6, 6.07) is 18.9. The smallest absolute Gasteiger partial charge is 0.416 e. The topological polar surface area (TPSA) is 66.9 Å². The molecular weight excluding hydrogens is 641 g/mol. The predicted molar refractivity (Wildman–Crippen MR) is 179 cm³/mol. The number of alkyl halides is 3. The van der Waals surface area contributed by atoms with Crippen molar-refractivity contribution >= 4 is 28.4 Å². The van der Waals surface area contributed by atoms with Gasteiger partial charge >= 0.3 is 6.18 Å². The van der Waals surface area contributed by atoms with Crippen molar-refractivity contribution in [3.8, 4) is 17.0 Å². The third kappa shape index (κ3) is 6.51. The van der Waals surface area contributed by atoms with Gasteiger partial charge in [-0.1, -0.05) is 54.1 Å². The minimum absolute atomic E-state index is 0.194. The molecule has 48 heavy (non-hydrogen) atoms. The van der Waals surface area contributed by atoms with Gasteiger partial charge < -0.3 is 14.8 Å². The minimum Gasteiger partial charge on any atom is -0.495 e. The maximum atomic E-state index is 14.7. The van der Waals surface area contributed by atoms with E-state index in [9.17, 15) is 18.0 Å².